The maximum absolute atomic E-state index is 8.65. The van der Waals surface area contributed by atoms with Gasteiger partial charge in [0.05, 0.1) is 6.61 Å². The van der Waals surface area contributed by atoms with E-state index >= 15 is 0 Å². The summed E-state index contributed by atoms with van der Waals surface area (Å²) in [6, 6.07) is 0. The monoisotopic (exact) mass is 117 g/mol. The van der Waals surface area contributed by atoms with E-state index in [2.05, 4.69) is 11.9 Å². The zero-order valence-electron chi connectivity index (χ0n) is 4.67. The van der Waals surface area contributed by atoms with E-state index in [0.29, 0.717) is 6.54 Å². The second-order valence-corrected chi connectivity index (χ2v) is 1.36. The minimum atomic E-state index is -0.692. The third kappa shape index (κ3) is 3.80. The highest BCUT2D eigenvalue weighted by molar-refractivity contribution is 4.74. The van der Waals surface area contributed by atoms with Crippen LogP contribution in [-0.4, -0.2) is 29.6 Å². The summed E-state index contributed by atoms with van der Waals surface area (Å²) in [7, 11) is 0. The van der Waals surface area contributed by atoms with Crippen LogP contribution in [0.1, 0.15) is 0 Å². The molecule has 3 heteroatoms. The largest absolute Gasteiger partial charge is 0.395 e. The van der Waals surface area contributed by atoms with Gasteiger partial charge in [-0.25, -0.2) is 0 Å². The quantitative estimate of drug-likeness (QED) is 0.329. The summed E-state index contributed by atoms with van der Waals surface area (Å²) in [5.41, 5.74) is 0. The number of rotatable bonds is 4. The van der Waals surface area contributed by atoms with Crippen LogP contribution >= 0.6 is 0 Å². The van der Waals surface area contributed by atoms with Gasteiger partial charge in [0.1, 0.15) is 6.23 Å². The lowest BCUT2D eigenvalue weighted by Gasteiger charge is -2.03. The van der Waals surface area contributed by atoms with Gasteiger partial charge in [0.2, 0.25) is 0 Å². The van der Waals surface area contributed by atoms with Crippen molar-refractivity contribution in [1.29, 1.82) is 0 Å². The molecule has 0 aromatic carbocycles. The van der Waals surface area contributed by atoms with E-state index in [0.717, 1.165) is 0 Å². The predicted octanol–water partition coefficient (Wildman–Crippen LogP) is -0.927. The number of hydrogen-bond acceptors (Lipinski definition) is 3. The van der Waals surface area contributed by atoms with Crippen LogP contribution in [0.4, 0.5) is 0 Å². The molecule has 0 amide bonds. The fourth-order valence-electron chi connectivity index (χ4n) is 0.296. The Morgan fingerprint density at radius 2 is 2.38 bits per heavy atom. The molecule has 0 radical (unpaired) electrons. The molecule has 8 heavy (non-hydrogen) atoms. The first kappa shape index (κ1) is 7.62. The van der Waals surface area contributed by atoms with Crippen molar-refractivity contribution in [2.45, 2.75) is 6.23 Å². The second-order valence-electron chi connectivity index (χ2n) is 1.36. The highest BCUT2D eigenvalue weighted by atomic mass is 16.3. The number of nitrogens with one attached hydrogen (secondary N) is 1. The lowest BCUT2D eigenvalue weighted by Crippen LogP contribution is -2.28. The van der Waals surface area contributed by atoms with Crippen molar-refractivity contribution in [2.24, 2.45) is 0 Å². The lowest BCUT2D eigenvalue weighted by atomic mass is 10.5. The lowest BCUT2D eigenvalue weighted by molar-refractivity contribution is 0.170. The molecule has 48 valence electrons. The van der Waals surface area contributed by atoms with Crippen molar-refractivity contribution in [3.8, 4) is 0 Å². The van der Waals surface area contributed by atoms with Crippen LogP contribution < -0.4 is 5.32 Å². The molecular formula is C5H11NO2. The van der Waals surface area contributed by atoms with E-state index in [4.69, 9.17) is 10.2 Å². The topological polar surface area (TPSA) is 52.5 Å². The van der Waals surface area contributed by atoms with E-state index in [9.17, 15) is 0 Å². The first-order valence-corrected chi connectivity index (χ1v) is 2.46. The SMILES string of the molecule is C=CC(O)NCCO. The molecule has 0 heterocycles. The molecule has 0 saturated carbocycles. The van der Waals surface area contributed by atoms with E-state index < -0.39 is 6.23 Å². The standard InChI is InChI=1S/C5H11NO2/c1-2-5(8)6-3-4-7/h2,5-8H,1,3-4H2. The molecule has 0 aliphatic heterocycles. The summed E-state index contributed by atoms with van der Waals surface area (Å²) in [5.74, 6) is 0. The van der Waals surface area contributed by atoms with Gasteiger partial charge < -0.3 is 10.2 Å². The molecule has 0 aromatic heterocycles. The van der Waals surface area contributed by atoms with Crippen molar-refractivity contribution in [3.05, 3.63) is 12.7 Å². The van der Waals surface area contributed by atoms with Crippen molar-refractivity contribution in [3.63, 3.8) is 0 Å². The van der Waals surface area contributed by atoms with Gasteiger partial charge in [-0.1, -0.05) is 6.58 Å². The van der Waals surface area contributed by atoms with Gasteiger partial charge in [0, 0.05) is 6.54 Å². The average molecular weight is 117 g/mol. The Bertz CT molecular complexity index is 65.4. The first-order chi connectivity index (χ1) is 3.81. The summed E-state index contributed by atoms with van der Waals surface area (Å²) in [6.07, 6.45) is 0.664. The average Bonchev–Trinajstić information content (AvgIpc) is 1.83. The Kier molecular flexibility index (Phi) is 4.54. The number of aliphatic hydroxyl groups excluding tert-OH is 2. The third-order valence-corrected chi connectivity index (χ3v) is 0.689. The van der Waals surface area contributed by atoms with Gasteiger partial charge in [-0.15, -0.1) is 0 Å². The van der Waals surface area contributed by atoms with E-state index in [1.165, 1.54) is 6.08 Å². The molecule has 1 atom stereocenters. The van der Waals surface area contributed by atoms with Crippen LogP contribution in [-0.2, 0) is 0 Å². The molecule has 0 aliphatic rings. The predicted molar refractivity (Wildman–Crippen MR) is 31.3 cm³/mol. The van der Waals surface area contributed by atoms with Gasteiger partial charge in [0.15, 0.2) is 0 Å². The van der Waals surface area contributed by atoms with Crippen LogP contribution in [0.2, 0.25) is 0 Å². The molecule has 3 nitrogen and oxygen atoms in total. The number of aliphatic hydroxyl groups is 2. The van der Waals surface area contributed by atoms with Crippen molar-refractivity contribution >= 4 is 0 Å². The Morgan fingerprint density at radius 3 is 2.75 bits per heavy atom. The third-order valence-electron chi connectivity index (χ3n) is 0.689. The summed E-state index contributed by atoms with van der Waals surface area (Å²) < 4.78 is 0. The van der Waals surface area contributed by atoms with Gasteiger partial charge in [-0.05, 0) is 6.08 Å². The van der Waals surface area contributed by atoms with Gasteiger partial charge in [-0.3, -0.25) is 5.32 Å². The van der Waals surface area contributed by atoms with Gasteiger partial charge in [-0.2, -0.15) is 0 Å². The van der Waals surface area contributed by atoms with E-state index in [1.807, 2.05) is 0 Å². The Labute approximate surface area is 48.6 Å². The maximum Gasteiger partial charge on any atom is 0.123 e. The Balaban J connectivity index is 2.98. The Morgan fingerprint density at radius 1 is 1.75 bits per heavy atom. The van der Waals surface area contributed by atoms with Crippen LogP contribution in [0.15, 0.2) is 12.7 Å². The molecular weight excluding hydrogens is 106 g/mol. The van der Waals surface area contributed by atoms with Gasteiger partial charge in [0.25, 0.3) is 0 Å². The summed E-state index contributed by atoms with van der Waals surface area (Å²) >= 11 is 0. The molecule has 0 aromatic rings. The minimum Gasteiger partial charge on any atom is -0.395 e. The normalized spacial score (nSPS) is 13.2. The zero-order valence-corrected chi connectivity index (χ0v) is 4.67. The van der Waals surface area contributed by atoms with Crippen LogP contribution in [0.3, 0.4) is 0 Å². The fraction of sp³-hybridized carbons (Fsp3) is 0.600. The molecule has 0 rings (SSSR count). The molecule has 0 aliphatic carbocycles. The maximum atomic E-state index is 8.65. The van der Waals surface area contributed by atoms with Crippen molar-refractivity contribution < 1.29 is 10.2 Å². The van der Waals surface area contributed by atoms with Crippen LogP contribution in [0.25, 0.3) is 0 Å². The second kappa shape index (κ2) is 4.77. The van der Waals surface area contributed by atoms with Crippen molar-refractivity contribution in [1.82, 2.24) is 5.32 Å². The van der Waals surface area contributed by atoms with Crippen LogP contribution in [0, 0.1) is 0 Å². The highest BCUT2D eigenvalue weighted by Gasteiger charge is 1.90. The number of hydrogen-bond donors (Lipinski definition) is 3. The molecule has 0 bridgehead atoms. The van der Waals surface area contributed by atoms with E-state index in [1.54, 1.807) is 0 Å². The molecule has 0 fully saturated rings. The molecule has 3 N–H and O–H groups in total. The highest BCUT2D eigenvalue weighted by Crippen LogP contribution is 1.72. The summed E-state index contributed by atoms with van der Waals surface area (Å²) in [6.45, 7) is 3.75. The van der Waals surface area contributed by atoms with Crippen LogP contribution in [0.5, 0.6) is 0 Å². The molecule has 0 saturated heterocycles. The summed E-state index contributed by atoms with van der Waals surface area (Å²) in [4.78, 5) is 0. The fourth-order valence-corrected chi connectivity index (χ4v) is 0.296. The van der Waals surface area contributed by atoms with Gasteiger partial charge >= 0.3 is 0 Å². The minimum absolute atomic E-state index is 0.0326. The smallest absolute Gasteiger partial charge is 0.123 e. The first-order valence-electron chi connectivity index (χ1n) is 2.46. The molecule has 1 unspecified atom stereocenters. The Hall–Kier alpha value is -0.380. The molecule has 0 spiro atoms. The zero-order chi connectivity index (χ0) is 6.41. The van der Waals surface area contributed by atoms with E-state index in [-0.39, 0.29) is 6.61 Å². The van der Waals surface area contributed by atoms with Crippen molar-refractivity contribution in [2.75, 3.05) is 13.2 Å². The summed E-state index contributed by atoms with van der Waals surface area (Å²) in [5, 5.41) is 19.4.